The zero-order valence-electron chi connectivity index (χ0n) is 33.4. The van der Waals surface area contributed by atoms with Crippen LogP contribution in [-0.4, -0.2) is 103 Å². The maximum atomic E-state index is 14.9. The molecular formula is C45H48N2O14. The Morgan fingerprint density at radius 2 is 1.62 bits per heavy atom. The van der Waals surface area contributed by atoms with Crippen LogP contribution < -0.4 is 20.9 Å². The number of rotatable bonds is 15. The molecule has 16 heteroatoms. The Bertz CT molecular complexity index is 2380. The van der Waals surface area contributed by atoms with Gasteiger partial charge >= 0.3 is 5.97 Å². The summed E-state index contributed by atoms with van der Waals surface area (Å²) in [6, 6.07) is 14.1. The fourth-order valence-electron chi connectivity index (χ4n) is 7.73. The predicted molar refractivity (Wildman–Crippen MR) is 219 cm³/mol. The molecule has 0 unspecified atom stereocenters. The van der Waals surface area contributed by atoms with Gasteiger partial charge in [0.1, 0.15) is 35.6 Å². The van der Waals surface area contributed by atoms with E-state index in [1.807, 2.05) is 6.07 Å². The van der Waals surface area contributed by atoms with Crippen molar-refractivity contribution in [3.05, 3.63) is 121 Å². The average Bonchev–Trinajstić information content (AvgIpc) is 3.23. The van der Waals surface area contributed by atoms with E-state index < -0.39 is 84.0 Å². The number of nitrogens with two attached hydrogens (primary N) is 2. The van der Waals surface area contributed by atoms with E-state index in [0.717, 1.165) is 18.6 Å². The quantitative estimate of drug-likeness (QED) is 0.0239. The Kier molecular flexibility index (Phi) is 13.9. The van der Waals surface area contributed by atoms with E-state index in [0.29, 0.717) is 31.1 Å². The van der Waals surface area contributed by atoms with Gasteiger partial charge in [-0.3, -0.25) is 19.2 Å². The molecule has 16 nitrogen and oxygen atoms in total. The molecule has 4 aromatic carbocycles. The molecule has 322 valence electrons. The smallest absolute Gasteiger partial charge is 0.308 e. The number of ether oxygens (including phenoxy) is 3. The van der Waals surface area contributed by atoms with Gasteiger partial charge in [0.2, 0.25) is 6.29 Å². The van der Waals surface area contributed by atoms with Crippen molar-refractivity contribution in [3.8, 4) is 17.2 Å². The first-order valence-corrected chi connectivity index (χ1v) is 19.6. The van der Waals surface area contributed by atoms with E-state index in [9.17, 15) is 49.8 Å². The van der Waals surface area contributed by atoms with Crippen LogP contribution in [-0.2, 0) is 29.0 Å². The zero-order chi connectivity index (χ0) is 44.3. The molecular weight excluding hydrogens is 792 g/mol. The van der Waals surface area contributed by atoms with E-state index in [4.69, 9.17) is 30.8 Å². The minimum absolute atomic E-state index is 0.0200. The number of hydrogen-bond donors (Lipinski definition) is 9. The van der Waals surface area contributed by atoms with Gasteiger partial charge in [-0.2, -0.15) is 0 Å². The average molecular weight is 841 g/mol. The van der Waals surface area contributed by atoms with Gasteiger partial charge in [0.25, 0.3) is 0 Å². The summed E-state index contributed by atoms with van der Waals surface area (Å²) in [6.45, 7) is 1.71. The van der Waals surface area contributed by atoms with Crippen molar-refractivity contribution in [2.45, 2.75) is 89.1 Å². The first kappa shape index (κ1) is 44.9. The molecule has 1 fully saturated rings. The molecule has 0 aromatic heterocycles. The molecule has 1 aliphatic heterocycles. The van der Waals surface area contributed by atoms with Crippen molar-refractivity contribution >= 4 is 36.0 Å². The van der Waals surface area contributed by atoms with Crippen LogP contribution in [0.5, 0.6) is 17.2 Å². The maximum Gasteiger partial charge on any atom is 0.308 e. The van der Waals surface area contributed by atoms with Gasteiger partial charge in [0.05, 0.1) is 30.5 Å². The third kappa shape index (κ3) is 9.18. The zero-order valence-corrected chi connectivity index (χ0v) is 33.4. The SMILES string of the molecule is CC(=O)Oc1cc(CO)c2c(c1/C=C/c1cccc(C[C@H](O)CCCO)c1)C(=O)c1cc(O[C@H]3O[C@@H](C)[C@@H](O)[C@@H](O)[C@H]3O)c(Cc3cccc(C(N)N)c3C=O)c(O)c1C2=O. The normalized spacial score (nSPS) is 20.4. The van der Waals surface area contributed by atoms with Gasteiger partial charge in [0, 0.05) is 53.3 Å². The van der Waals surface area contributed by atoms with Crippen LogP contribution in [0.2, 0.25) is 0 Å². The number of phenolic OH excluding ortho intramolecular Hbond substituents is 1. The fourth-order valence-corrected chi connectivity index (χ4v) is 7.73. The Hall–Kier alpha value is -5.66. The second kappa shape index (κ2) is 18.9. The molecule has 0 saturated carbocycles. The Labute approximate surface area is 350 Å². The van der Waals surface area contributed by atoms with E-state index >= 15 is 0 Å². The third-order valence-electron chi connectivity index (χ3n) is 10.8. The Balaban J connectivity index is 1.54. The van der Waals surface area contributed by atoms with Gasteiger partial charge in [-0.05, 0) is 72.2 Å². The van der Waals surface area contributed by atoms with Gasteiger partial charge in [-0.15, -0.1) is 0 Å². The number of hydrogen-bond acceptors (Lipinski definition) is 16. The number of aliphatic hydroxyl groups excluding tert-OH is 6. The summed E-state index contributed by atoms with van der Waals surface area (Å²) in [6.07, 6.45) is -5.21. The Morgan fingerprint density at radius 3 is 2.30 bits per heavy atom. The van der Waals surface area contributed by atoms with Crippen LogP contribution in [0.25, 0.3) is 12.2 Å². The van der Waals surface area contributed by atoms with Crippen LogP contribution in [0.1, 0.15) is 114 Å². The molecule has 0 radical (unpaired) electrons. The molecule has 0 bridgehead atoms. The van der Waals surface area contributed by atoms with Crippen LogP contribution in [0, 0.1) is 0 Å². The van der Waals surface area contributed by atoms with Crippen LogP contribution in [0.15, 0.2) is 54.6 Å². The number of aliphatic hydroxyl groups is 6. The van der Waals surface area contributed by atoms with Crippen molar-refractivity contribution in [2.24, 2.45) is 11.5 Å². The van der Waals surface area contributed by atoms with Gasteiger partial charge < -0.3 is 61.4 Å². The lowest BCUT2D eigenvalue weighted by molar-refractivity contribution is -0.268. The summed E-state index contributed by atoms with van der Waals surface area (Å²) in [4.78, 5) is 54.4. The second-order valence-electron chi connectivity index (χ2n) is 15.1. The highest BCUT2D eigenvalue weighted by Crippen LogP contribution is 2.45. The molecule has 0 spiro atoms. The summed E-state index contributed by atoms with van der Waals surface area (Å²) in [5.74, 6) is -3.75. The number of fused-ring (bicyclic) bond motifs is 2. The van der Waals surface area contributed by atoms with Crippen molar-refractivity contribution < 1.29 is 69.1 Å². The van der Waals surface area contributed by atoms with E-state index in [1.54, 1.807) is 36.4 Å². The molecule has 1 aliphatic carbocycles. The number of ketones is 2. The minimum Gasteiger partial charge on any atom is -0.507 e. The van der Waals surface area contributed by atoms with Crippen molar-refractivity contribution in [1.29, 1.82) is 0 Å². The lowest BCUT2D eigenvalue weighted by Crippen LogP contribution is -2.58. The number of aldehydes is 1. The molecule has 11 N–H and O–H groups in total. The number of carbonyl (C=O) groups excluding carboxylic acids is 4. The molecule has 61 heavy (non-hydrogen) atoms. The van der Waals surface area contributed by atoms with Crippen molar-refractivity contribution in [2.75, 3.05) is 6.61 Å². The van der Waals surface area contributed by atoms with E-state index in [2.05, 4.69) is 0 Å². The number of esters is 1. The first-order chi connectivity index (χ1) is 29.1. The number of phenols is 1. The van der Waals surface area contributed by atoms with E-state index in [-0.39, 0.29) is 69.0 Å². The number of aromatic hydroxyl groups is 1. The van der Waals surface area contributed by atoms with Gasteiger partial charge in [0.15, 0.2) is 17.9 Å². The third-order valence-corrected chi connectivity index (χ3v) is 10.8. The summed E-state index contributed by atoms with van der Waals surface area (Å²) >= 11 is 0. The number of benzene rings is 4. The lowest BCUT2D eigenvalue weighted by Gasteiger charge is -2.39. The highest BCUT2D eigenvalue weighted by molar-refractivity contribution is 6.31. The fraction of sp³-hybridized carbons (Fsp3) is 0.333. The molecule has 6 atom stereocenters. The molecule has 1 heterocycles. The summed E-state index contributed by atoms with van der Waals surface area (Å²) in [7, 11) is 0. The maximum absolute atomic E-state index is 14.9. The molecule has 4 aromatic rings. The molecule has 1 saturated heterocycles. The van der Waals surface area contributed by atoms with Crippen LogP contribution in [0.3, 0.4) is 0 Å². The Morgan fingerprint density at radius 1 is 0.885 bits per heavy atom. The largest absolute Gasteiger partial charge is 0.507 e. The standard InChI is InChI=1S/C45H48N2O14/c1-21-38(53)42(57)43(58)45(59-21)61-34-18-31-37(39(54)30(34)16-25-8-4-10-28(44(46)47)32(25)20-50)41(56)35-26(19-49)17-33(60-22(2)51)29(36(35)40(31)55)12-11-23-6-3-7-24(14-23)15-27(52)9-5-13-48/h3-4,6-8,10-12,14,17-18,20-21,27,38,42-45,48-49,52-54,57-58H,5,9,13,15-16,19,46-47H2,1-2H3/b12-11+/t21-,27+,38+,42+,43+,45+/m0/s1. The van der Waals surface area contributed by atoms with E-state index in [1.165, 1.54) is 25.1 Å². The lowest BCUT2D eigenvalue weighted by atomic mass is 9.77. The monoisotopic (exact) mass is 840 g/mol. The molecule has 0 amide bonds. The topological polar surface area (TPSA) is 290 Å². The molecule has 6 rings (SSSR count). The second-order valence-corrected chi connectivity index (χ2v) is 15.1. The summed E-state index contributed by atoms with van der Waals surface area (Å²) in [5.41, 5.74) is 12.2. The van der Waals surface area contributed by atoms with Crippen LogP contribution >= 0.6 is 0 Å². The highest BCUT2D eigenvalue weighted by atomic mass is 16.7. The first-order valence-electron chi connectivity index (χ1n) is 19.6. The summed E-state index contributed by atoms with van der Waals surface area (Å²) in [5, 5.41) is 74.1. The van der Waals surface area contributed by atoms with Crippen molar-refractivity contribution in [3.63, 3.8) is 0 Å². The minimum atomic E-state index is -1.84. The molecule has 2 aliphatic rings. The van der Waals surface area contributed by atoms with Gasteiger partial charge in [-0.1, -0.05) is 48.5 Å². The summed E-state index contributed by atoms with van der Waals surface area (Å²) < 4.78 is 17.3. The van der Waals surface area contributed by atoms with Crippen LogP contribution in [0.4, 0.5) is 0 Å². The van der Waals surface area contributed by atoms with Crippen molar-refractivity contribution in [1.82, 2.24) is 0 Å². The highest BCUT2D eigenvalue weighted by Gasteiger charge is 2.45. The van der Waals surface area contributed by atoms with Gasteiger partial charge in [-0.25, -0.2) is 0 Å². The predicted octanol–water partition coefficient (Wildman–Crippen LogP) is 1.96. The number of carbonyl (C=O) groups is 4.